The SMILES string of the molecule is COC(=O)[C@]1(CC(C)=O)NC(=S)NC(=O)[C@@H]1C#N. The van der Waals surface area contributed by atoms with Crippen LogP contribution in [-0.2, 0) is 19.1 Å². The molecule has 0 spiro atoms. The minimum absolute atomic E-state index is 0.113. The molecule has 8 heteroatoms. The van der Waals surface area contributed by atoms with Gasteiger partial charge in [-0.15, -0.1) is 0 Å². The van der Waals surface area contributed by atoms with E-state index in [-0.39, 0.29) is 17.3 Å². The number of nitrogens with one attached hydrogen (secondary N) is 2. The largest absolute Gasteiger partial charge is 0.467 e. The lowest BCUT2D eigenvalue weighted by molar-refractivity contribution is -0.154. The number of rotatable bonds is 3. The number of ketones is 1. The molecule has 1 aliphatic heterocycles. The van der Waals surface area contributed by atoms with Gasteiger partial charge in [-0.1, -0.05) is 0 Å². The maximum atomic E-state index is 11.9. The van der Waals surface area contributed by atoms with Gasteiger partial charge in [-0.05, 0) is 19.1 Å². The number of Topliss-reactive ketones (excluding diaryl/α,β-unsaturated/α-hetero) is 1. The van der Waals surface area contributed by atoms with E-state index in [9.17, 15) is 14.4 Å². The highest BCUT2D eigenvalue weighted by Gasteiger charge is 2.55. The van der Waals surface area contributed by atoms with E-state index in [1.165, 1.54) is 6.92 Å². The summed E-state index contributed by atoms with van der Waals surface area (Å²) in [5, 5.41) is 13.7. The Morgan fingerprint density at radius 3 is 2.67 bits per heavy atom. The van der Waals surface area contributed by atoms with Crippen LogP contribution in [0.1, 0.15) is 13.3 Å². The van der Waals surface area contributed by atoms with Crippen LogP contribution < -0.4 is 10.6 Å². The molecule has 2 atom stereocenters. The van der Waals surface area contributed by atoms with E-state index in [4.69, 9.17) is 17.5 Å². The highest BCUT2D eigenvalue weighted by atomic mass is 32.1. The number of amides is 1. The lowest BCUT2D eigenvalue weighted by atomic mass is 9.78. The summed E-state index contributed by atoms with van der Waals surface area (Å²) in [7, 11) is 1.11. The first-order chi connectivity index (χ1) is 8.37. The van der Waals surface area contributed by atoms with Crippen LogP contribution in [0.3, 0.4) is 0 Å². The number of carbonyl (C=O) groups excluding carboxylic acids is 3. The number of nitriles is 1. The van der Waals surface area contributed by atoms with E-state index in [1.807, 2.05) is 0 Å². The molecule has 1 aliphatic rings. The summed E-state index contributed by atoms with van der Waals surface area (Å²) in [4.78, 5) is 34.8. The van der Waals surface area contributed by atoms with Gasteiger partial charge >= 0.3 is 5.97 Å². The van der Waals surface area contributed by atoms with E-state index >= 15 is 0 Å². The fourth-order valence-corrected chi connectivity index (χ4v) is 2.13. The third kappa shape index (κ3) is 2.31. The summed E-state index contributed by atoms with van der Waals surface area (Å²) in [6, 6.07) is 1.70. The van der Waals surface area contributed by atoms with Crippen LogP contribution in [0.25, 0.3) is 0 Å². The minimum atomic E-state index is -1.76. The Morgan fingerprint density at radius 1 is 1.61 bits per heavy atom. The van der Waals surface area contributed by atoms with E-state index < -0.39 is 23.3 Å². The predicted molar refractivity (Wildman–Crippen MR) is 63.0 cm³/mol. The van der Waals surface area contributed by atoms with Crippen LogP contribution in [0.4, 0.5) is 0 Å². The summed E-state index contributed by atoms with van der Waals surface area (Å²) < 4.78 is 4.58. The Hall–Kier alpha value is -2.01. The third-order valence-corrected chi connectivity index (χ3v) is 2.74. The van der Waals surface area contributed by atoms with E-state index in [0.29, 0.717) is 0 Å². The van der Waals surface area contributed by atoms with Crippen molar-refractivity contribution in [2.45, 2.75) is 18.9 Å². The monoisotopic (exact) mass is 269 g/mol. The van der Waals surface area contributed by atoms with Gasteiger partial charge in [0.1, 0.15) is 5.78 Å². The molecule has 1 saturated heterocycles. The van der Waals surface area contributed by atoms with Crippen LogP contribution in [-0.4, -0.2) is 35.4 Å². The van der Waals surface area contributed by atoms with Gasteiger partial charge in [0.25, 0.3) is 0 Å². The van der Waals surface area contributed by atoms with Gasteiger partial charge in [0.15, 0.2) is 16.6 Å². The Balaban J connectivity index is 3.31. The molecule has 1 rings (SSSR count). The number of thiocarbonyl (C=S) groups is 1. The van der Waals surface area contributed by atoms with Crippen LogP contribution in [0, 0.1) is 17.2 Å². The van der Waals surface area contributed by atoms with Crippen molar-refractivity contribution in [2.75, 3.05) is 7.11 Å². The van der Waals surface area contributed by atoms with Crippen molar-refractivity contribution in [1.29, 1.82) is 5.26 Å². The molecular weight excluding hydrogens is 258 g/mol. The summed E-state index contributed by atoms with van der Waals surface area (Å²) >= 11 is 4.78. The average Bonchev–Trinajstić information content (AvgIpc) is 2.26. The van der Waals surface area contributed by atoms with E-state index in [1.54, 1.807) is 6.07 Å². The van der Waals surface area contributed by atoms with E-state index in [2.05, 4.69) is 15.4 Å². The van der Waals surface area contributed by atoms with Crippen LogP contribution in [0.2, 0.25) is 0 Å². The molecule has 96 valence electrons. The van der Waals surface area contributed by atoms with Gasteiger partial charge in [-0.3, -0.25) is 9.59 Å². The van der Waals surface area contributed by atoms with Crippen LogP contribution in [0.5, 0.6) is 0 Å². The summed E-state index contributed by atoms with van der Waals surface area (Å²) in [5.74, 6) is -3.36. The van der Waals surface area contributed by atoms with Gasteiger partial charge in [-0.2, -0.15) is 5.26 Å². The lowest BCUT2D eigenvalue weighted by Crippen LogP contribution is -2.70. The molecule has 0 radical (unpaired) electrons. The van der Waals surface area contributed by atoms with Crippen molar-refractivity contribution in [1.82, 2.24) is 10.6 Å². The number of methoxy groups -OCH3 is 1. The smallest absolute Gasteiger partial charge is 0.333 e. The van der Waals surface area contributed by atoms with Crippen molar-refractivity contribution in [3.63, 3.8) is 0 Å². The molecule has 18 heavy (non-hydrogen) atoms. The van der Waals surface area contributed by atoms with Gasteiger partial charge < -0.3 is 15.4 Å². The third-order valence-electron chi connectivity index (χ3n) is 2.53. The topological polar surface area (TPSA) is 108 Å². The number of esters is 1. The standard InChI is InChI=1S/C10H11N3O4S/c1-5(14)3-10(8(16)17-2)6(4-11)7(15)12-9(18)13-10/h6H,3H2,1-2H3,(H2,12,13,15,18)/t6-,10+/m0/s1. The molecule has 0 unspecified atom stereocenters. The highest BCUT2D eigenvalue weighted by Crippen LogP contribution is 2.26. The molecule has 0 bridgehead atoms. The fourth-order valence-electron chi connectivity index (χ4n) is 1.84. The number of hydrogen-bond donors (Lipinski definition) is 2. The first kappa shape index (κ1) is 14.1. The van der Waals surface area contributed by atoms with Crippen molar-refractivity contribution in [3.05, 3.63) is 0 Å². The highest BCUT2D eigenvalue weighted by molar-refractivity contribution is 7.80. The fraction of sp³-hybridized carbons (Fsp3) is 0.500. The molecule has 1 heterocycles. The quantitative estimate of drug-likeness (QED) is 0.500. The van der Waals surface area contributed by atoms with Crippen LogP contribution >= 0.6 is 12.2 Å². The van der Waals surface area contributed by atoms with Crippen molar-refractivity contribution in [2.24, 2.45) is 5.92 Å². The average molecular weight is 269 g/mol. The second kappa shape index (κ2) is 5.10. The first-order valence-electron chi connectivity index (χ1n) is 4.98. The molecule has 2 N–H and O–H groups in total. The number of carbonyl (C=O) groups is 3. The molecular formula is C10H11N3O4S. The predicted octanol–water partition coefficient (Wildman–Crippen LogP) is -0.979. The van der Waals surface area contributed by atoms with Gasteiger partial charge in [0.2, 0.25) is 5.91 Å². The summed E-state index contributed by atoms with van der Waals surface area (Å²) in [5.41, 5.74) is -1.76. The maximum absolute atomic E-state index is 11.9. The maximum Gasteiger partial charge on any atom is 0.333 e. The number of ether oxygens (including phenoxy) is 1. The second-order valence-electron chi connectivity index (χ2n) is 3.85. The summed E-state index contributed by atoms with van der Waals surface area (Å²) in [6.45, 7) is 1.25. The lowest BCUT2D eigenvalue weighted by Gasteiger charge is -2.38. The summed E-state index contributed by atoms with van der Waals surface area (Å²) in [6.07, 6.45) is -0.356. The van der Waals surface area contributed by atoms with E-state index in [0.717, 1.165) is 7.11 Å². The number of nitrogens with zero attached hydrogens (tertiary/aromatic N) is 1. The molecule has 1 amide bonds. The molecule has 0 aromatic heterocycles. The molecule has 0 aromatic carbocycles. The van der Waals surface area contributed by atoms with Gasteiger partial charge in [0.05, 0.1) is 13.2 Å². The molecule has 7 nitrogen and oxygen atoms in total. The Bertz CT molecular complexity index is 466. The zero-order valence-corrected chi connectivity index (χ0v) is 10.6. The Labute approximate surface area is 108 Å². The molecule has 1 fully saturated rings. The van der Waals surface area contributed by atoms with Crippen molar-refractivity contribution < 1.29 is 19.1 Å². The molecule has 0 saturated carbocycles. The zero-order valence-electron chi connectivity index (χ0n) is 9.77. The van der Waals surface area contributed by atoms with Gasteiger partial charge in [0, 0.05) is 6.42 Å². The Morgan fingerprint density at radius 2 is 2.22 bits per heavy atom. The van der Waals surface area contributed by atoms with Crippen molar-refractivity contribution in [3.8, 4) is 6.07 Å². The Kier molecular flexibility index (Phi) is 3.98. The first-order valence-corrected chi connectivity index (χ1v) is 5.38. The van der Waals surface area contributed by atoms with Crippen molar-refractivity contribution >= 4 is 35.0 Å². The second-order valence-corrected chi connectivity index (χ2v) is 4.26. The molecule has 0 aliphatic carbocycles. The van der Waals surface area contributed by atoms with Crippen LogP contribution in [0.15, 0.2) is 0 Å². The number of hydrogen-bond acceptors (Lipinski definition) is 6. The minimum Gasteiger partial charge on any atom is -0.467 e. The zero-order chi connectivity index (χ0) is 13.9. The molecule has 0 aromatic rings. The normalized spacial score (nSPS) is 26.6. The van der Waals surface area contributed by atoms with Gasteiger partial charge in [-0.25, -0.2) is 4.79 Å².